The van der Waals surface area contributed by atoms with Crippen molar-refractivity contribution in [3.63, 3.8) is 0 Å². The van der Waals surface area contributed by atoms with Gasteiger partial charge in [0.1, 0.15) is 0 Å². The highest BCUT2D eigenvalue weighted by Gasteiger charge is 2.27. The molecule has 0 amide bonds. The fraction of sp³-hybridized carbons (Fsp3) is 0.333. The molecule has 1 unspecified atom stereocenters. The third kappa shape index (κ3) is 3.35. The highest BCUT2D eigenvalue weighted by atomic mass is 16.1. The van der Waals surface area contributed by atoms with Crippen molar-refractivity contribution in [1.29, 1.82) is 0 Å². The van der Waals surface area contributed by atoms with Crippen LogP contribution in [0.15, 0.2) is 59.7 Å². The van der Waals surface area contributed by atoms with Gasteiger partial charge in [-0.1, -0.05) is 30.3 Å². The second kappa shape index (κ2) is 6.81. The van der Waals surface area contributed by atoms with Gasteiger partial charge in [-0.3, -0.25) is 9.78 Å². The minimum absolute atomic E-state index is 0.0338. The van der Waals surface area contributed by atoms with E-state index in [-0.39, 0.29) is 11.6 Å². The highest BCUT2D eigenvalue weighted by Crippen LogP contribution is 2.35. The number of para-hydroxylation sites is 1. The number of H-pyrrole nitrogens is 1. The molecule has 0 aliphatic heterocycles. The number of nitrogens with zero attached hydrogens (tertiary/aromatic N) is 1. The molecule has 3 aromatic rings. The van der Waals surface area contributed by atoms with E-state index >= 15 is 0 Å². The molecular formula is C21H23N3O. The number of nitrogens with one attached hydrogen (secondary N) is 2. The first kappa shape index (κ1) is 16.0. The van der Waals surface area contributed by atoms with Gasteiger partial charge in [0.15, 0.2) is 0 Å². The summed E-state index contributed by atoms with van der Waals surface area (Å²) in [6.07, 6.45) is 7.15. The Morgan fingerprint density at radius 3 is 2.88 bits per heavy atom. The number of hydrogen-bond donors (Lipinski definition) is 2. The van der Waals surface area contributed by atoms with E-state index in [0.717, 1.165) is 24.8 Å². The Hall–Kier alpha value is -2.46. The number of hydrogen-bond acceptors (Lipinski definition) is 3. The zero-order valence-corrected chi connectivity index (χ0v) is 14.4. The van der Waals surface area contributed by atoms with Crippen LogP contribution in [0.2, 0.25) is 0 Å². The van der Waals surface area contributed by atoms with E-state index in [9.17, 15) is 4.79 Å². The number of aromatic amines is 1. The number of benzene rings is 1. The molecule has 4 nitrogen and oxygen atoms in total. The first-order valence-corrected chi connectivity index (χ1v) is 8.99. The zero-order chi connectivity index (χ0) is 17.2. The molecule has 1 aromatic carbocycles. The van der Waals surface area contributed by atoms with E-state index in [0.29, 0.717) is 12.0 Å². The van der Waals surface area contributed by atoms with Gasteiger partial charge in [0.25, 0.3) is 0 Å². The summed E-state index contributed by atoms with van der Waals surface area (Å²) < 4.78 is 0. The van der Waals surface area contributed by atoms with Crippen molar-refractivity contribution in [2.24, 2.45) is 0 Å². The molecule has 4 heteroatoms. The monoisotopic (exact) mass is 333 g/mol. The van der Waals surface area contributed by atoms with Crippen LogP contribution in [0.1, 0.15) is 49.3 Å². The minimum atomic E-state index is -0.0338. The molecule has 0 bridgehead atoms. The highest BCUT2D eigenvalue weighted by molar-refractivity contribution is 5.81. The topological polar surface area (TPSA) is 57.8 Å². The third-order valence-electron chi connectivity index (χ3n) is 5.33. The second-order valence-corrected chi connectivity index (χ2v) is 7.00. The molecule has 0 saturated heterocycles. The van der Waals surface area contributed by atoms with E-state index in [1.807, 2.05) is 24.5 Å². The fourth-order valence-corrected chi connectivity index (χ4v) is 4.03. The predicted molar refractivity (Wildman–Crippen MR) is 101 cm³/mol. The van der Waals surface area contributed by atoms with E-state index < -0.39 is 0 Å². The lowest BCUT2D eigenvalue weighted by atomic mass is 9.99. The van der Waals surface area contributed by atoms with E-state index in [2.05, 4.69) is 46.5 Å². The van der Waals surface area contributed by atoms with Crippen LogP contribution in [-0.2, 0) is 0 Å². The van der Waals surface area contributed by atoms with Gasteiger partial charge >= 0.3 is 0 Å². The van der Waals surface area contributed by atoms with Crippen LogP contribution < -0.4 is 10.9 Å². The van der Waals surface area contributed by atoms with Gasteiger partial charge in [0.05, 0.1) is 5.52 Å². The molecular weight excluding hydrogens is 310 g/mol. The van der Waals surface area contributed by atoms with Crippen LogP contribution in [0, 0.1) is 0 Å². The van der Waals surface area contributed by atoms with Gasteiger partial charge in [0, 0.05) is 35.9 Å². The lowest BCUT2D eigenvalue weighted by Crippen LogP contribution is -2.29. The SMILES string of the molecule is C[C@@H](NC1CC[C@H](c2ccc(=O)[nH]c2)C1)c1cccc2cccnc12. The summed E-state index contributed by atoms with van der Waals surface area (Å²) in [4.78, 5) is 18.6. The Balaban J connectivity index is 1.47. The zero-order valence-electron chi connectivity index (χ0n) is 14.4. The average molecular weight is 333 g/mol. The number of rotatable bonds is 4. The van der Waals surface area contributed by atoms with Gasteiger partial charge in [-0.25, -0.2) is 0 Å². The Morgan fingerprint density at radius 1 is 1.16 bits per heavy atom. The Labute approximate surface area is 147 Å². The molecule has 0 radical (unpaired) electrons. The molecule has 25 heavy (non-hydrogen) atoms. The Bertz CT molecular complexity index is 908. The summed E-state index contributed by atoms with van der Waals surface area (Å²) in [5, 5.41) is 4.97. The van der Waals surface area contributed by atoms with E-state index in [1.54, 1.807) is 6.07 Å². The first-order chi connectivity index (χ1) is 12.2. The normalized spacial score (nSPS) is 21.5. The maximum absolute atomic E-state index is 11.2. The lowest BCUT2D eigenvalue weighted by molar-refractivity contribution is 0.458. The van der Waals surface area contributed by atoms with Crippen molar-refractivity contribution < 1.29 is 0 Å². The van der Waals surface area contributed by atoms with Crippen molar-refractivity contribution >= 4 is 10.9 Å². The molecule has 1 aliphatic carbocycles. The standard InChI is InChI=1S/C21H23N3O/c1-14(19-6-2-4-15-5-3-11-22-21(15)19)24-18-9-7-16(12-18)17-8-10-20(25)23-13-17/h2-6,8,10-11,13-14,16,18,24H,7,9,12H2,1H3,(H,23,25)/t14-,16+,18?/m1/s1. The van der Waals surface area contributed by atoms with E-state index in [1.165, 1.54) is 16.5 Å². The average Bonchev–Trinajstić information content (AvgIpc) is 3.10. The summed E-state index contributed by atoms with van der Waals surface area (Å²) in [5.41, 5.74) is 3.54. The summed E-state index contributed by atoms with van der Waals surface area (Å²) in [5.74, 6) is 0.521. The molecule has 1 fully saturated rings. The van der Waals surface area contributed by atoms with Crippen LogP contribution >= 0.6 is 0 Å². The number of fused-ring (bicyclic) bond motifs is 1. The molecule has 4 rings (SSSR count). The molecule has 2 N–H and O–H groups in total. The molecule has 128 valence electrons. The van der Waals surface area contributed by atoms with E-state index in [4.69, 9.17) is 0 Å². The number of aromatic nitrogens is 2. The smallest absolute Gasteiger partial charge is 0.247 e. The predicted octanol–water partition coefficient (Wildman–Crippen LogP) is 3.91. The van der Waals surface area contributed by atoms with Crippen LogP contribution in [-0.4, -0.2) is 16.0 Å². The van der Waals surface area contributed by atoms with Crippen LogP contribution in [0.5, 0.6) is 0 Å². The largest absolute Gasteiger partial charge is 0.329 e. The summed E-state index contributed by atoms with van der Waals surface area (Å²) >= 11 is 0. The van der Waals surface area contributed by atoms with Gasteiger partial charge in [-0.05, 0) is 49.3 Å². The Morgan fingerprint density at radius 2 is 2.04 bits per heavy atom. The van der Waals surface area contributed by atoms with Gasteiger partial charge in [-0.2, -0.15) is 0 Å². The van der Waals surface area contributed by atoms with Gasteiger partial charge < -0.3 is 10.3 Å². The van der Waals surface area contributed by atoms with Gasteiger partial charge in [0.2, 0.25) is 5.56 Å². The molecule has 1 aliphatic rings. The van der Waals surface area contributed by atoms with Crippen molar-refractivity contribution in [2.45, 2.75) is 44.2 Å². The lowest BCUT2D eigenvalue weighted by Gasteiger charge is -2.21. The van der Waals surface area contributed by atoms with Crippen molar-refractivity contribution in [3.8, 4) is 0 Å². The van der Waals surface area contributed by atoms with Crippen molar-refractivity contribution in [3.05, 3.63) is 76.3 Å². The summed E-state index contributed by atoms with van der Waals surface area (Å²) in [6.45, 7) is 2.22. The summed E-state index contributed by atoms with van der Waals surface area (Å²) in [7, 11) is 0. The Kier molecular flexibility index (Phi) is 4.36. The third-order valence-corrected chi connectivity index (χ3v) is 5.33. The quantitative estimate of drug-likeness (QED) is 0.761. The summed E-state index contributed by atoms with van der Waals surface area (Å²) in [6, 6.07) is 14.8. The maximum atomic E-state index is 11.2. The van der Waals surface area contributed by atoms with Gasteiger partial charge in [-0.15, -0.1) is 0 Å². The van der Waals surface area contributed by atoms with Crippen LogP contribution in [0.4, 0.5) is 0 Å². The molecule has 2 heterocycles. The van der Waals surface area contributed by atoms with Crippen molar-refractivity contribution in [1.82, 2.24) is 15.3 Å². The first-order valence-electron chi connectivity index (χ1n) is 8.99. The molecule has 3 atom stereocenters. The fourth-order valence-electron chi connectivity index (χ4n) is 4.03. The maximum Gasteiger partial charge on any atom is 0.247 e. The number of pyridine rings is 2. The van der Waals surface area contributed by atoms with Crippen LogP contribution in [0.3, 0.4) is 0 Å². The second-order valence-electron chi connectivity index (χ2n) is 7.00. The molecule has 1 saturated carbocycles. The molecule has 2 aromatic heterocycles. The van der Waals surface area contributed by atoms with Crippen LogP contribution in [0.25, 0.3) is 10.9 Å². The minimum Gasteiger partial charge on any atom is -0.329 e. The van der Waals surface area contributed by atoms with Crippen molar-refractivity contribution in [2.75, 3.05) is 0 Å². The molecule has 0 spiro atoms.